The highest BCUT2D eigenvalue weighted by atomic mass is 35.5. The van der Waals surface area contributed by atoms with Gasteiger partial charge in [0, 0.05) is 12.8 Å². The maximum Gasteiger partial charge on any atom is 0.426 e. The van der Waals surface area contributed by atoms with E-state index >= 15 is 0 Å². The Kier molecular flexibility index (Phi) is 5.14. The lowest BCUT2D eigenvalue weighted by Crippen LogP contribution is -2.19. The van der Waals surface area contributed by atoms with Crippen LogP contribution in [0.25, 0.3) is 0 Å². The minimum Gasteiger partial charge on any atom is -0.461 e. The number of hydrogen-bond donors (Lipinski definition) is 0. The maximum absolute atomic E-state index is 12.5. The minimum absolute atomic E-state index is 0.329. The van der Waals surface area contributed by atoms with Crippen LogP contribution in [-0.4, -0.2) is 24.9 Å². The van der Waals surface area contributed by atoms with E-state index in [1.807, 2.05) is 6.08 Å². The van der Waals surface area contributed by atoms with Crippen molar-refractivity contribution < 1.29 is 27.1 Å². The molecule has 1 unspecified atom stereocenters. The van der Waals surface area contributed by atoms with Crippen molar-refractivity contribution in [3.63, 3.8) is 0 Å². The molecule has 2 nitrogen and oxygen atoms in total. The predicted octanol–water partition coefficient (Wildman–Crippen LogP) is 4.94. The molecule has 0 aromatic rings. The average molecular weight is 355 g/mol. The van der Waals surface area contributed by atoms with Gasteiger partial charge in [0.05, 0.1) is 12.6 Å². The van der Waals surface area contributed by atoms with Gasteiger partial charge >= 0.3 is 12.1 Å². The summed E-state index contributed by atoms with van der Waals surface area (Å²) in [7, 11) is 0. The Hall–Kier alpha value is -1.04. The highest BCUT2D eigenvalue weighted by Crippen LogP contribution is 2.60. The molecule has 23 heavy (non-hydrogen) atoms. The van der Waals surface area contributed by atoms with Crippen LogP contribution >= 0.6 is 11.6 Å². The molecule has 130 valence electrons. The molecule has 3 atom stereocenters. The van der Waals surface area contributed by atoms with Crippen molar-refractivity contribution in [1.82, 2.24) is 0 Å². The lowest BCUT2D eigenvalue weighted by Gasteiger charge is -2.13. The molecule has 2 aliphatic carbocycles. The minimum atomic E-state index is -4.61. The van der Waals surface area contributed by atoms with E-state index < -0.39 is 41.1 Å². The van der Waals surface area contributed by atoms with Crippen molar-refractivity contribution in [3.05, 3.63) is 22.8 Å². The predicted molar refractivity (Wildman–Crippen MR) is 78.5 cm³/mol. The van der Waals surface area contributed by atoms with Gasteiger partial charge in [-0.3, -0.25) is 9.18 Å². The maximum atomic E-state index is 12.5. The molecule has 0 aromatic carbocycles. The summed E-state index contributed by atoms with van der Waals surface area (Å²) in [5, 5.41) is -1.21. The summed E-state index contributed by atoms with van der Waals surface area (Å²) in [4.78, 5) is 12.2. The lowest BCUT2D eigenvalue weighted by molar-refractivity contribution is -0.151. The van der Waals surface area contributed by atoms with E-state index in [0.29, 0.717) is 19.3 Å². The molecule has 7 heteroatoms. The molecule has 0 bridgehead atoms. The summed E-state index contributed by atoms with van der Waals surface area (Å²) in [6.07, 6.45) is -0.850. The number of carbonyl (C=O) groups excluding carboxylic acids is 1. The molecule has 2 aliphatic rings. The normalized spacial score (nSPS) is 30.1. The van der Waals surface area contributed by atoms with Gasteiger partial charge < -0.3 is 4.74 Å². The summed E-state index contributed by atoms with van der Waals surface area (Å²) in [6, 6.07) is 0. The number of ether oxygens (including phenoxy) is 1. The first kappa shape index (κ1) is 18.3. The van der Waals surface area contributed by atoms with Crippen LogP contribution in [0.15, 0.2) is 22.8 Å². The molecule has 0 aromatic heterocycles. The van der Waals surface area contributed by atoms with E-state index in [0.717, 1.165) is 11.6 Å². The number of alkyl halides is 4. The standard InChI is InChI=1S/C16H19ClF4O2/c1-15(2)11(8-12(17)16(19,20)21)13(15)14(22)23-10-4-3-9(7-10)5-6-18/h3,8,10-11,13H,4-7H2,1-2H3/b12-8-/t10?,11-,13-/m1/s1. The zero-order valence-corrected chi connectivity index (χ0v) is 13.7. The third-order valence-electron chi connectivity index (χ3n) is 4.62. The third-order valence-corrected chi connectivity index (χ3v) is 4.96. The van der Waals surface area contributed by atoms with E-state index in [2.05, 4.69) is 0 Å². The van der Waals surface area contributed by atoms with Crippen LogP contribution in [0.5, 0.6) is 0 Å². The first-order valence-electron chi connectivity index (χ1n) is 7.46. The smallest absolute Gasteiger partial charge is 0.426 e. The zero-order chi connectivity index (χ0) is 17.4. The molecule has 0 heterocycles. The van der Waals surface area contributed by atoms with Gasteiger partial charge in [-0.05, 0) is 17.8 Å². The van der Waals surface area contributed by atoms with Crippen LogP contribution < -0.4 is 0 Å². The molecule has 1 fully saturated rings. The number of halogens is 5. The monoisotopic (exact) mass is 354 g/mol. The summed E-state index contributed by atoms with van der Waals surface area (Å²) < 4.78 is 55.2. The van der Waals surface area contributed by atoms with Crippen LogP contribution in [-0.2, 0) is 9.53 Å². The number of esters is 1. The Labute approximate surface area is 137 Å². The van der Waals surface area contributed by atoms with Crippen LogP contribution in [0.4, 0.5) is 17.6 Å². The van der Waals surface area contributed by atoms with Gasteiger partial charge in [0.2, 0.25) is 0 Å². The van der Waals surface area contributed by atoms with E-state index in [9.17, 15) is 22.4 Å². The fourth-order valence-electron chi connectivity index (χ4n) is 3.10. The van der Waals surface area contributed by atoms with Crippen molar-refractivity contribution in [2.45, 2.75) is 45.4 Å². The molecule has 0 radical (unpaired) electrons. The molecule has 0 spiro atoms. The number of hydrogen-bond acceptors (Lipinski definition) is 2. The quantitative estimate of drug-likeness (QED) is 0.397. The van der Waals surface area contributed by atoms with Gasteiger partial charge in [-0.2, -0.15) is 13.2 Å². The summed E-state index contributed by atoms with van der Waals surface area (Å²) in [5.41, 5.74) is 0.299. The van der Waals surface area contributed by atoms with E-state index in [1.165, 1.54) is 0 Å². The number of carbonyl (C=O) groups is 1. The highest BCUT2D eigenvalue weighted by Gasteiger charge is 2.62. The molecule has 0 saturated heterocycles. The first-order chi connectivity index (χ1) is 10.6. The van der Waals surface area contributed by atoms with E-state index in [1.54, 1.807) is 13.8 Å². The van der Waals surface area contributed by atoms with Crippen molar-refractivity contribution in [2.24, 2.45) is 17.3 Å². The molecular formula is C16H19ClF4O2. The number of allylic oxidation sites excluding steroid dienone is 2. The van der Waals surface area contributed by atoms with Gasteiger partial charge in [-0.15, -0.1) is 0 Å². The molecule has 0 amide bonds. The second-order valence-electron chi connectivity index (χ2n) is 6.64. The Morgan fingerprint density at radius 2 is 2.13 bits per heavy atom. The summed E-state index contributed by atoms with van der Waals surface area (Å²) in [5.74, 6) is -1.74. The van der Waals surface area contributed by atoms with Gasteiger partial charge in [0.25, 0.3) is 0 Å². The van der Waals surface area contributed by atoms with Crippen molar-refractivity contribution in [2.75, 3.05) is 6.67 Å². The SMILES string of the molecule is CC1(C)[C@H](/C=C(\Cl)C(F)(F)F)[C@@H]1C(=O)OC1CC=C(CCF)C1. The van der Waals surface area contributed by atoms with Gasteiger partial charge in [0.1, 0.15) is 11.1 Å². The van der Waals surface area contributed by atoms with Crippen molar-refractivity contribution in [1.29, 1.82) is 0 Å². The molecule has 2 rings (SSSR count). The van der Waals surface area contributed by atoms with Crippen LogP contribution in [0, 0.1) is 17.3 Å². The summed E-state index contributed by atoms with van der Waals surface area (Å²) >= 11 is 5.25. The fraction of sp³-hybridized carbons (Fsp3) is 0.688. The Morgan fingerprint density at radius 3 is 2.70 bits per heavy atom. The van der Waals surface area contributed by atoms with Gasteiger partial charge in [0.15, 0.2) is 0 Å². The van der Waals surface area contributed by atoms with Gasteiger partial charge in [-0.1, -0.05) is 43.2 Å². The largest absolute Gasteiger partial charge is 0.461 e. The molecule has 0 aliphatic heterocycles. The first-order valence-corrected chi connectivity index (χ1v) is 7.84. The third kappa shape index (κ3) is 4.08. The van der Waals surface area contributed by atoms with Crippen molar-refractivity contribution >= 4 is 17.6 Å². The van der Waals surface area contributed by atoms with Crippen LogP contribution in [0.1, 0.15) is 33.1 Å². The molecule has 0 N–H and O–H groups in total. The molecular weight excluding hydrogens is 336 g/mol. The lowest BCUT2D eigenvalue weighted by atomic mass is 10.1. The fourth-order valence-corrected chi connectivity index (χ4v) is 3.24. The second kappa shape index (κ2) is 6.46. The zero-order valence-electron chi connectivity index (χ0n) is 12.9. The van der Waals surface area contributed by atoms with E-state index in [4.69, 9.17) is 16.3 Å². The Bertz CT molecular complexity index is 537. The topological polar surface area (TPSA) is 26.3 Å². The Balaban J connectivity index is 1.94. The summed E-state index contributed by atoms with van der Waals surface area (Å²) in [6.45, 7) is 2.97. The molecule has 1 saturated carbocycles. The second-order valence-corrected chi connectivity index (χ2v) is 7.04. The number of rotatable bonds is 5. The van der Waals surface area contributed by atoms with E-state index in [-0.39, 0.29) is 6.10 Å². The van der Waals surface area contributed by atoms with Crippen LogP contribution in [0.3, 0.4) is 0 Å². The average Bonchev–Trinajstić information content (AvgIpc) is 2.76. The Morgan fingerprint density at radius 1 is 1.48 bits per heavy atom. The van der Waals surface area contributed by atoms with Crippen molar-refractivity contribution in [3.8, 4) is 0 Å². The highest BCUT2D eigenvalue weighted by molar-refractivity contribution is 6.30. The van der Waals surface area contributed by atoms with Gasteiger partial charge in [-0.25, -0.2) is 0 Å². The van der Waals surface area contributed by atoms with Crippen LogP contribution in [0.2, 0.25) is 0 Å².